The fraction of sp³-hybridized carbons (Fsp3) is 0.500. The number of carbonyl (C=O) groups excluding carboxylic acids is 1. The van der Waals surface area contributed by atoms with E-state index in [-0.39, 0.29) is 11.3 Å². The van der Waals surface area contributed by atoms with Crippen molar-refractivity contribution in [1.82, 2.24) is 0 Å². The Labute approximate surface area is 103 Å². The Morgan fingerprint density at radius 1 is 1.35 bits per heavy atom. The van der Waals surface area contributed by atoms with Gasteiger partial charge in [0.15, 0.2) is 0 Å². The van der Waals surface area contributed by atoms with Crippen molar-refractivity contribution in [2.24, 2.45) is 5.41 Å². The fourth-order valence-corrected chi connectivity index (χ4v) is 1.94. The molecule has 0 radical (unpaired) electrons. The molecule has 92 valence electrons. The number of likely N-dealkylation sites (N-methyl/N-ethyl adjacent to an activating group) is 1. The molecule has 0 spiro atoms. The number of fused-ring (bicyclic) bond motifs is 1. The lowest BCUT2D eigenvalue weighted by Gasteiger charge is -2.19. The summed E-state index contributed by atoms with van der Waals surface area (Å²) in [6.07, 6.45) is 1.10. The predicted octanol–water partition coefficient (Wildman–Crippen LogP) is 2.66. The molecule has 0 bridgehead atoms. The molecule has 0 aliphatic carbocycles. The molecule has 1 aliphatic rings. The van der Waals surface area contributed by atoms with E-state index in [0.29, 0.717) is 0 Å². The second-order valence-corrected chi connectivity index (χ2v) is 5.72. The van der Waals surface area contributed by atoms with Crippen molar-refractivity contribution < 1.29 is 4.79 Å². The Hall–Kier alpha value is -1.51. The minimum absolute atomic E-state index is 0.0538. The van der Waals surface area contributed by atoms with Gasteiger partial charge in [0.1, 0.15) is 0 Å². The quantitative estimate of drug-likeness (QED) is 0.807. The SMILES string of the molecule is CN1CCc2ccc(NC(=O)C(C)(C)C)cc21. The lowest BCUT2D eigenvalue weighted by atomic mass is 9.95. The predicted molar refractivity (Wildman–Crippen MR) is 71.5 cm³/mol. The van der Waals surface area contributed by atoms with E-state index in [1.165, 1.54) is 11.3 Å². The average Bonchev–Trinajstić information content (AvgIpc) is 2.59. The highest BCUT2D eigenvalue weighted by atomic mass is 16.2. The Kier molecular flexibility index (Phi) is 2.86. The van der Waals surface area contributed by atoms with Crippen LogP contribution in [-0.4, -0.2) is 19.5 Å². The van der Waals surface area contributed by atoms with Crippen LogP contribution in [0.25, 0.3) is 0 Å². The molecule has 2 rings (SSSR count). The molecular formula is C14H20N2O. The number of amides is 1. The third-order valence-electron chi connectivity index (χ3n) is 3.15. The summed E-state index contributed by atoms with van der Waals surface area (Å²) in [5, 5.41) is 2.97. The van der Waals surface area contributed by atoms with E-state index in [9.17, 15) is 4.79 Å². The number of benzene rings is 1. The van der Waals surface area contributed by atoms with E-state index in [2.05, 4.69) is 29.4 Å². The molecule has 0 aromatic heterocycles. The molecule has 1 amide bonds. The zero-order valence-corrected chi connectivity index (χ0v) is 11.0. The standard InChI is InChI=1S/C14H20N2O/c1-14(2,3)13(17)15-11-6-5-10-7-8-16(4)12(10)9-11/h5-6,9H,7-8H2,1-4H3,(H,15,17). The maximum atomic E-state index is 11.9. The van der Waals surface area contributed by atoms with Crippen LogP contribution >= 0.6 is 0 Å². The first kappa shape index (κ1) is 12.0. The van der Waals surface area contributed by atoms with Crippen LogP contribution in [0.2, 0.25) is 0 Å². The summed E-state index contributed by atoms with van der Waals surface area (Å²) in [4.78, 5) is 14.1. The van der Waals surface area contributed by atoms with Gasteiger partial charge in [-0.25, -0.2) is 0 Å². The summed E-state index contributed by atoms with van der Waals surface area (Å²) < 4.78 is 0. The molecule has 0 saturated heterocycles. The van der Waals surface area contributed by atoms with Crippen LogP contribution in [0, 0.1) is 5.41 Å². The summed E-state index contributed by atoms with van der Waals surface area (Å²) in [7, 11) is 2.08. The fourth-order valence-electron chi connectivity index (χ4n) is 1.94. The molecule has 3 nitrogen and oxygen atoms in total. The van der Waals surface area contributed by atoms with Gasteiger partial charge in [-0.2, -0.15) is 0 Å². The number of carbonyl (C=O) groups is 1. The van der Waals surface area contributed by atoms with Gasteiger partial charge in [0.25, 0.3) is 0 Å². The van der Waals surface area contributed by atoms with E-state index in [1.54, 1.807) is 0 Å². The van der Waals surface area contributed by atoms with Gasteiger partial charge in [0.2, 0.25) is 5.91 Å². The van der Waals surface area contributed by atoms with Gasteiger partial charge in [-0.3, -0.25) is 4.79 Å². The van der Waals surface area contributed by atoms with Gasteiger partial charge in [0, 0.05) is 30.4 Å². The van der Waals surface area contributed by atoms with Crippen LogP contribution in [-0.2, 0) is 11.2 Å². The molecule has 3 heteroatoms. The number of nitrogens with one attached hydrogen (secondary N) is 1. The zero-order valence-electron chi connectivity index (χ0n) is 11.0. The topological polar surface area (TPSA) is 32.3 Å². The zero-order chi connectivity index (χ0) is 12.6. The van der Waals surface area contributed by atoms with E-state index in [0.717, 1.165) is 18.7 Å². The molecule has 0 fully saturated rings. The van der Waals surface area contributed by atoms with Crippen molar-refractivity contribution in [3.8, 4) is 0 Å². The number of hydrogen-bond acceptors (Lipinski definition) is 2. The van der Waals surface area contributed by atoms with Crippen LogP contribution in [0.4, 0.5) is 11.4 Å². The molecule has 1 heterocycles. The summed E-state index contributed by atoms with van der Waals surface area (Å²) in [5.74, 6) is 0.0538. The van der Waals surface area contributed by atoms with Crippen molar-refractivity contribution in [3.05, 3.63) is 23.8 Å². The minimum Gasteiger partial charge on any atom is -0.374 e. The highest BCUT2D eigenvalue weighted by Gasteiger charge is 2.22. The largest absolute Gasteiger partial charge is 0.374 e. The van der Waals surface area contributed by atoms with Crippen molar-refractivity contribution in [3.63, 3.8) is 0 Å². The van der Waals surface area contributed by atoms with Crippen LogP contribution in [0.1, 0.15) is 26.3 Å². The minimum atomic E-state index is -0.356. The van der Waals surface area contributed by atoms with Gasteiger partial charge >= 0.3 is 0 Å². The van der Waals surface area contributed by atoms with Crippen molar-refractivity contribution >= 4 is 17.3 Å². The Morgan fingerprint density at radius 3 is 2.71 bits per heavy atom. The molecule has 1 N–H and O–H groups in total. The second kappa shape index (κ2) is 4.06. The van der Waals surface area contributed by atoms with Crippen LogP contribution in [0.5, 0.6) is 0 Å². The first-order valence-electron chi connectivity index (χ1n) is 6.03. The van der Waals surface area contributed by atoms with Gasteiger partial charge < -0.3 is 10.2 Å². The normalized spacial score (nSPS) is 14.7. The molecule has 1 aromatic carbocycles. The summed E-state index contributed by atoms with van der Waals surface area (Å²) >= 11 is 0. The van der Waals surface area contributed by atoms with Crippen molar-refractivity contribution in [2.45, 2.75) is 27.2 Å². The Morgan fingerprint density at radius 2 is 2.06 bits per heavy atom. The van der Waals surface area contributed by atoms with E-state index < -0.39 is 0 Å². The van der Waals surface area contributed by atoms with Crippen LogP contribution < -0.4 is 10.2 Å². The van der Waals surface area contributed by atoms with Gasteiger partial charge in [0.05, 0.1) is 0 Å². The van der Waals surface area contributed by atoms with Gasteiger partial charge in [-0.1, -0.05) is 26.8 Å². The second-order valence-electron chi connectivity index (χ2n) is 5.72. The number of anilines is 2. The molecule has 0 unspecified atom stereocenters. The van der Waals surface area contributed by atoms with E-state index in [4.69, 9.17) is 0 Å². The summed E-state index contributed by atoms with van der Waals surface area (Å²) in [5.41, 5.74) is 3.13. The molecule has 1 aliphatic heterocycles. The first-order chi connectivity index (χ1) is 7.88. The molecular weight excluding hydrogens is 212 g/mol. The number of rotatable bonds is 1. The van der Waals surface area contributed by atoms with Gasteiger partial charge in [-0.15, -0.1) is 0 Å². The van der Waals surface area contributed by atoms with Crippen LogP contribution in [0.15, 0.2) is 18.2 Å². The summed E-state index contributed by atoms with van der Waals surface area (Å²) in [6, 6.07) is 6.16. The molecule has 0 atom stereocenters. The van der Waals surface area contributed by atoms with Crippen molar-refractivity contribution in [1.29, 1.82) is 0 Å². The molecule has 1 aromatic rings. The molecule has 0 saturated carbocycles. The smallest absolute Gasteiger partial charge is 0.229 e. The maximum Gasteiger partial charge on any atom is 0.229 e. The number of nitrogens with zero attached hydrogens (tertiary/aromatic N) is 1. The summed E-state index contributed by atoms with van der Waals surface area (Å²) in [6.45, 7) is 6.82. The first-order valence-corrected chi connectivity index (χ1v) is 6.03. The Bertz CT molecular complexity index is 446. The third kappa shape index (κ3) is 2.43. The highest BCUT2D eigenvalue weighted by molar-refractivity contribution is 5.95. The maximum absolute atomic E-state index is 11.9. The average molecular weight is 232 g/mol. The van der Waals surface area contributed by atoms with E-state index >= 15 is 0 Å². The van der Waals surface area contributed by atoms with Crippen LogP contribution in [0.3, 0.4) is 0 Å². The monoisotopic (exact) mass is 232 g/mol. The van der Waals surface area contributed by atoms with Crippen molar-refractivity contribution in [2.75, 3.05) is 23.8 Å². The lowest BCUT2D eigenvalue weighted by molar-refractivity contribution is -0.123. The Balaban J connectivity index is 2.19. The van der Waals surface area contributed by atoms with E-state index in [1.807, 2.05) is 26.8 Å². The third-order valence-corrected chi connectivity index (χ3v) is 3.15. The number of hydrogen-bond donors (Lipinski definition) is 1. The highest BCUT2D eigenvalue weighted by Crippen LogP contribution is 2.30. The van der Waals surface area contributed by atoms with Gasteiger partial charge in [-0.05, 0) is 24.1 Å². The lowest BCUT2D eigenvalue weighted by Crippen LogP contribution is -2.27. The molecule has 17 heavy (non-hydrogen) atoms.